The van der Waals surface area contributed by atoms with E-state index in [1.54, 1.807) is 6.26 Å². The van der Waals surface area contributed by atoms with Crippen molar-refractivity contribution in [2.24, 2.45) is 0 Å². The minimum atomic E-state index is 0.744. The van der Waals surface area contributed by atoms with Gasteiger partial charge in [0.2, 0.25) is 0 Å². The van der Waals surface area contributed by atoms with Crippen LogP contribution in [0.4, 0.5) is 0 Å². The molecular weight excluding hydrogens is 200 g/mol. The minimum absolute atomic E-state index is 0.744. The number of aryl methyl sites for hydroxylation is 1. The van der Waals surface area contributed by atoms with Crippen LogP contribution in [0, 0.1) is 6.92 Å². The summed E-state index contributed by atoms with van der Waals surface area (Å²) in [6, 6.07) is 7.96. The fraction of sp³-hybridized carbons (Fsp3) is 0.154. The van der Waals surface area contributed by atoms with Crippen LogP contribution < -0.4 is 0 Å². The van der Waals surface area contributed by atoms with E-state index >= 15 is 0 Å². The molecule has 0 aromatic carbocycles. The molecule has 0 unspecified atom stereocenters. The van der Waals surface area contributed by atoms with Gasteiger partial charge < -0.3 is 8.82 Å². The zero-order valence-corrected chi connectivity index (χ0v) is 9.05. The summed E-state index contributed by atoms with van der Waals surface area (Å²) >= 11 is 0. The van der Waals surface area contributed by atoms with E-state index in [9.17, 15) is 0 Å². The summed E-state index contributed by atoms with van der Waals surface area (Å²) in [5, 5.41) is 0. The van der Waals surface area contributed by atoms with Crippen LogP contribution in [0.15, 0.2) is 47.3 Å². The van der Waals surface area contributed by atoms with E-state index < -0.39 is 0 Å². The van der Waals surface area contributed by atoms with E-state index in [-0.39, 0.29) is 0 Å². The molecule has 0 bridgehead atoms. The van der Waals surface area contributed by atoms with E-state index in [1.807, 2.05) is 28.8 Å². The van der Waals surface area contributed by atoms with Crippen molar-refractivity contribution >= 4 is 5.65 Å². The number of furan rings is 1. The minimum Gasteiger partial charge on any atom is -0.469 e. The molecule has 0 spiro atoms. The van der Waals surface area contributed by atoms with Crippen molar-refractivity contribution < 1.29 is 4.42 Å². The number of rotatable bonds is 2. The fourth-order valence-electron chi connectivity index (χ4n) is 1.83. The monoisotopic (exact) mass is 212 g/mol. The highest BCUT2D eigenvalue weighted by Crippen LogP contribution is 2.11. The standard InChI is InChI=1S/C13H12N2O/c1-10-4-5-13-14-11(9-15(13)8-10)7-12-3-2-6-16-12/h2-6,8-9H,7H2,1H3. The number of pyridine rings is 1. The number of hydrogen-bond acceptors (Lipinski definition) is 2. The molecule has 0 aliphatic heterocycles. The summed E-state index contributed by atoms with van der Waals surface area (Å²) in [6.45, 7) is 2.08. The highest BCUT2D eigenvalue weighted by Gasteiger charge is 2.04. The van der Waals surface area contributed by atoms with Crippen LogP contribution in [0.25, 0.3) is 5.65 Å². The summed E-state index contributed by atoms with van der Waals surface area (Å²) < 4.78 is 7.36. The molecule has 3 rings (SSSR count). The summed E-state index contributed by atoms with van der Waals surface area (Å²) in [4.78, 5) is 4.53. The van der Waals surface area contributed by atoms with Gasteiger partial charge in [0.15, 0.2) is 0 Å². The quantitative estimate of drug-likeness (QED) is 0.654. The molecule has 0 aliphatic rings. The van der Waals surface area contributed by atoms with Crippen molar-refractivity contribution in [3.63, 3.8) is 0 Å². The molecule has 0 amide bonds. The van der Waals surface area contributed by atoms with Crippen LogP contribution in [-0.2, 0) is 6.42 Å². The molecule has 0 fully saturated rings. The zero-order chi connectivity index (χ0) is 11.0. The molecule has 0 atom stereocenters. The van der Waals surface area contributed by atoms with Crippen molar-refractivity contribution in [2.75, 3.05) is 0 Å². The zero-order valence-electron chi connectivity index (χ0n) is 9.05. The SMILES string of the molecule is Cc1ccc2nc(Cc3ccco3)cn2c1. The second-order valence-electron chi connectivity index (χ2n) is 3.96. The van der Waals surface area contributed by atoms with Crippen molar-refractivity contribution in [2.45, 2.75) is 13.3 Å². The van der Waals surface area contributed by atoms with Gasteiger partial charge in [0, 0.05) is 18.8 Å². The Morgan fingerprint density at radius 2 is 2.19 bits per heavy atom. The molecule has 3 heterocycles. The van der Waals surface area contributed by atoms with Crippen LogP contribution in [0.1, 0.15) is 17.0 Å². The fourth-order valence-corrected chi connectivity index (χ4v) is 1.83. The van der Waals surface area contributed by atoms with Crippen molar-refractivity contribution in [1.29, 1.82) is 0 Å². The maximum Gasteiger partial charge on any atom is 0.137 e. The highest BCUT2D eigenvalue weighted by atomic mass is 16.3. The number of nitrogens with zero attached hydrogens (tertiary/aromatic N) is 2. The molecule has 0 saturated heterocycles. The summed E-state index contributed by atoms with van der Waals surface area (Å²) in [5.41, 5.74) is 3.24. The number of fused-ring (bicyclic) bond motifs is 1. The van der Waals surface area contributed by atoms with Crippen LogP contribution in [0.3, 0.4) is 0 Å². The van der Waals surface area contributed by atoms with Crippen LogP contribution in [0.5, 0.6) is 0 Å². The maximum atomic E-state index is 5.31. The Morgan fingerprint density at radius 3 is 3.00 bits per heavy atom. The Morgan fingerprint density at radius 1 is 1.25 bits per heavy atom. The first-order valence-corrected chi connectivity index (χ1v) is 5.28. The Bertz CT molecular complexity index is 608. The van der Waals surface area contributed by atoms with E-state index in [1.165, 1.54) is 5.56 Å². The molecule has 80 valence electrons. The van der Waals surface area contributed by atoms with E-state index in [2.05, 4.69) is 24.2 Å². The Hall–Kier alpha value is -2.03. The van der Waals surface area contributed by atoms with Gasteiger partial charge in [0.1, 0.15) is 11.4 Å². The van der Waals surface area contributed by atoms with Gasteiger partial charge >= 0.3 is 0 Å². The average Bonchev–Trinajstić information content (AvgIpc) is 2.86. The molecule has 0 radical (unpaired) electrons. The van der Waals surface area contributed by atoms with Gasteiger partial charge in [-0.25, -0.2) is 4.98 Å². The molecule has 3 aromatic heterocycles. The summed E-state index contributed by atoms with van der Waals surface area (Å²) in [6.07, 6.45) is 6.56. The van der Waals surface area contributed by atoms with Gasteiger partial charge in [-0.1, -0.05) is 6.07 Å². The first-order valence-electron chi connectivity index (χ1n) is 5.28. The van der Waals surface area contributed by atoms with Crippen LogP contribution in [0.2, 0.25) is 0 Å². The van der Waals surface area contributed by atoms with Gasteiger partial charge in [0.25, 0.3) is 0 Å². The lowest BCUT2D eigenvalue weighted by Crippen LogP contribution is -1.84. The van der Waals surface area contributed by atoms with Crippen molar-refractivity contribution in [3.05, 3.63) is 59.9 Å². The normalized spacial score (nSPS) is 11.1. The summed E-state index contributed by atoms with van der Waals surface area (Å²) in [5.74, 6) is 0.945. The third-order valence-corrected chi connectivity index (χ3v) is 2.58. The van der Waals surface area contributed by atoms with Gasteiger partial charge in [-0.15, -0.1) is 0 Å². The van der Waals surface area contributed by atoms with Crippen LogP contribution >= 0.6 is 0 Å². The Labute approximate surface area is 93.4 Å². The molecule has 0 N–H and O–H groups in total. The van der Waals surface area contributed by atoms with Gasteiger partial charge in [-0.3, -0.25) is 0 Å². The molecule has 0 saturated carbocycles. The van der Waals surface area contributed by atoms with Crippen LogP contribution in [-0.4, -0.2) is 9.38 Å². The lowest BCUT2D eigenvalue weighted by molar-refractivity contribution is 0.519. The maximum absolute atomic E-state index is 5.31. The van der Waals surface area contributed by atoms with Gasteiger partial charge in [0.05, 0.1) is 12.0 Å². The van der Waals surface area contributed by atoms with E-state index in [0.717, 1.165) is 23.5 Å². The van der Waals surface area contributed by atoms with Gasteiger partial charge in [-0.05, 0) is 30.7 Å². The van der Waals surface area contributed by atoms with Crippen molar-refractivity contribution in [1.82, 2.24) is 9.38 Å². The molecular formula is C13H12N2O. The predicted molar refractivity (Wildman–Crippen MR) is 61.4 cm³/mol. The lowest BCUT2D eigenvalue weighted by Gasteiger charge is -1.93. The Balaban J connectivity index is 1.99. The molecule has 0 aliphatic carbocycles. The first-order chi connectivity index (χ1) is 7.81. The number of hydrogen-bond donors (Lipinski definition) is 0. The smallest absolute Gasteiger partial charge is 0.137 e. The molecule has 3 nitrogen and oxygen atoms in total. The largest absolute Gasteiger partial charge is 0.469 e. The van der Waals surface area contributed by atoms with Crippen molar-refractivity contribution in [3.8, 4) is 0 Å². The molecule has 16 heavy (non-hydrogen) atoms. The number of imidazole rings is 1. The predicted octanol–water partition coefficient (Wildman–Crippen LogP) is 2.83. The summed E-state index contributed by atoms with van der Waals surface area (Å²) in [7, 11) is 0. The van der Waals surface area contributed by atoms with E-state index in [4.69, 9.17) is 4.42 Å². The number of aromatic nitrogens is 2. The van der Waals surface area contributed by atoms with Gasteiger partial charge in [-0.2, -0.15) is 0 Å². The lowest BCUT2D eigenvalue weighted by atomic mass is 10.3. The molecule has 3 aromatic rings. The van der Waals surface area contributed by atoms with E-state index in [0.29, 0.717) is 0 Å². The second-order valence-corrected chi connectivity index (χ2v) is 3.96. The third kappa shape index (κ3) is 1.60. The third-order valence-electron chi connectivity index (χ3n) is 2.58. The molecule has 3 heteroatoms. The Kier molecular flexibility index (Phi) is 2.03. The first kappa shape index (κ1) is 9.21. The average molecular weight is 212 g/mol. The second kappa shape index (κ2) is 3.52. The topological polar surface area (TPSA) is 30.4 Å². The highest BCUT2D eigenvalue weighted by molar-refractivity contribution is 5.41.